The van der Waals surface area contributed by atoms with Gasteiger partial charge >= 0.3 is 0 Å². The minimum atomic E-state index is -1.00. The first-order chi connectivity index (χ1) is 15.4. The number of aliphatic hydroxyl groups is 2. The molecular formula is C20H20N2O10. The third-order valence-electron chi connectivity index (χ3n) is 5.28. The molecule has 2 aliphatic heterocycles. The first kappa shape index (κ1) is 22.2. The molecule has 12 nitrogen and oxygen atoms in total. The summed E-state index contributed by atoms with van der Waals surface area (Å²) >= 11 is 0. The Labute approximate surface area is 181 Å². The Kier molecular flexibility index (Phi) is 6.41. The van der Waals surface area contributed by atoms with Gasteiger partial charge in [-0.2, -0.15) is 0 Å². The summed E-state index contributed by atoms with van der Waals surface area (Å²) in [5, 5.41) is 41.7. The van der Waals surface area contributed by atoms with E-state index in [1.807, 2.05) is 0 Å². The number of hydrogen-bond acceptors (Lipinski definition) is 10. The summed E-state index contributed by atoms with van der Waals surface area (Å²) in [6.07, 6.45) is -5.46. The predicted octanol–water partition coefficient (Wildman–Crippen LogP) is 1.75. The highest BCUT2D eigenvalue weighted by Gasteiger charge is 2.50. The van der Waals surface area contributed by atoms with Crippen LogP contribution in [0.4, 0.5) is 11.4 Å². The van der Waals surface area contributed by atoms with Crippen LogP contribution in [-0.4, -0.2) is 57.7 Å². The van der Waals surface area contributed by atoms with Gasteiger partial charge in [0.05, 0.1) is 23.1 Å². The fourth-order valence-electron chi connectivity index (χ4n) is 3.75. The van der Waals surface area contributed by atoms with E-state index in [0.717, 1.165) is 0 Å². The number of nitro benzene ring substituents is 2. The van der Waals surface area contributed by atoms with Gasteiger partial charge in [-0.3, -0.25) is 20.2 Å². The molecule has 2 unspecified atom stereocenters. The standard InChI is InChI=1S/C20H20N2O10/c23-9-15-17(31-19(29-15)11-3-1-5-13(7-11)21(25)26)18-16(10-24)30-20(32-18)12-4-2-6-14(8-12)22(27)28/h1-8,15-20,23-24H,9-10H2/t15-,16+,17-,18-,19?,20?/m1/s1. The Balaban J connectivity index is 1.55. The molecule has 2 aromatic rings. The predicted molar refractivity (Wildman–Crippen MR) is 105 cm³/mol. The molecule has 2 N–H and O–H groups in total. The molecule has 2 heterocycles. The third-order valence-corrected chi connectivity index (χ3v) is 5.28. The van der Waals surface area contributed by atoms with Crippen LogP contribution in [-0.2, 0) is 18.9 Å². The lowest BCUT2D eigenvalue weighted by molar-refractivity contribution is -0.385. The molecule has 4 rings (SSSR count). The van der Waals surface area contributed by atoms with Crippen molar-refractivity contribution in [3.8, 4) is 0 Å². The Morgan fingerprint density at radius 1 is 0.719 bits per heavy atom. The number of ether oxygens (including phenoxy) is 4. The molecule has 2 aromatic carbocycles. The normalized spacial score (nSPS) is 29.8. The molecule has 32 heavy (non-hydrogen) atoms. The number of aliphatic hydroxyl groups excluding tert-OH is 2. The van der Waals surface area contributed by atoms with Gasteiger partial charge in [-0.15, -0.1) is 0 Å². The van der Waals surface area contributed by atoms with E-state index in [-0.39, 0.29) is 11.4 Å². The van der Waals surface area contributed by atoms with Crippen LogP contribution < -0.4 is 0 Å². The van der Waals surface area contributed by atoms with E-state index in [1.165, 1.54) is 36.4 Å². The molecule has 0 spiro atoms. The number of rotatable bonds is 7. The largest absolute Gasteiger partial charge is 0.394 e. The van der Waals surface area contributed by atoms with Crippen LogP contribution in [0.25, 0.3) is 0 Å². The van der Waals surface area contributed by atoms with E-state index >= 15 is 0 Å². The monoisotopic (exact) mass is 448 g/mol. The summed E-state index contributed by atoms with van der Waals surface area (Å²) in [4.78, 5) is 21.0. The van der Waals surface area contributed by atoms with Crippen LogP contribution in [0, 0.1) is 20.2 Å². The van der Waals surface area contributed by atoms with Crippen LogP contribution in [0.15, 0.2) is 48.5 Å². The average molecular weight is 448 g/mol. The van der Waals surface area contributed by atoms with Crippen molar-refractivity contribution in [2.45, 2.75) is 37.0 Å². The maximum absolute atomic E-state index is 11.1. The smallest absolute Gasteiger partial charge is 0.269 e. The lowest BCUT2D eigenvalue weighted by atomic mass is 10.0. The van der Waals surface area contributed by atoms with Crippen LogP contribution in [0.5, 0.6) is 0 Å². The number of non-ortho nitro benzene ring substituents is 2. The fourth-order valence-corrected chi connectivity index (χ4v) is 3.75. The van der Waals surface area contributed by atoms with Crippen LogP contribution >= 0.6 is 0 Å². The van der Waals surface area contributed by atoms with Gasteiger partial charge in [0, 0.05) is 35.4 Å². The molecule has 0 amide bonds. The molecule has 0 aliphatic carbocycles. The van der Waals surface area contributed by atoms with Crippen molar-refractivity contribution < 1.29 is 39.0 Å². The molecule has 0 bridgehead atoms. The van der Waals surface area contributed by atoms with Crippen LogP contribution in [0.1, 0.15) is 23.7 Å². The number of hydrogen-bond donors (Lipinski definition) is 2. The van der Waals surface area contributed by atoms with E-state index in [4.69, 9.17) is 18.9 Å². The fraction of sp³-hybridized carbons (Fsp3) is 0.400. The lowest BCUT2D eigenvalue weighted by Crippen LogP contribution is -2.44. The highest BCUT2D eigenvalue weighted by molar-refractivity contribution is 5.36. The van der Waals surface area contributed by atoms with Gasteiger partial charge in [0.25, 0.3) is 11.4 Å². The molecule has 6 atom stereocenters. The van der Waals surface area contributed by atoms with Gasteiger partial charge in [-0.1, -0.05) is 24.3 Å². The topological polar surface area (TPSA) is 164 Å². The Bertz CT molecular complexity index is 922. The maximum atomic E-state index is 11.1. The SMILES string of the molecule is O=[N+]([O-])c1cccc(C2O[C@@H]([C@@H]3OC(c4cccc([N+](=O)[O-])c4)O[C@@H]3CO)[C@H](CO)O2)c1. The van der Waals surface area contributed by atoms with Crippen molar-refractivity contribution in [2.24, 2.45) is 0 Å². The second-order valence-corrected chi connectivity index (χ2v) is 7.28. The summed E-state index contributed by atoms with van der Waals surface area (Å²) in [7, 11) is 0. The zero-order valence-electron chi connectivity index (χ0n) is 16.6. The maximum Gasteiger partial charge on any atom is 0.269 e. The quantitative estimate of drug-likeness (QED) is 0.471. The minimum absolute atomic E-state index is 0.141. The van der Waals surface area contributed by atoms with E-state index < -0.39 is 60.1 Å². The van der Waals surface area contributed by atoms with Gasteiger partial charge in [-0.05, 0) is 0 Å². The van der Waals surface area contributed by atoms with E-state index in [9.17, 15) is 30.4 Å². The minimum Gasteiger partial charge on any atom is -0.394 e. The molecule has 2 saturated heterocycles. The van der Waals surface area contributed by atoms with E-state index in [0.29, 0.717) is 11.1 Å². The molecular weight excluding hydrogens is 428 g/mol. The van der Waals surface area contributed by atoms with Crippen LogP contribution in [0.3, 0.4) is 0 Å². The average Bonchev–Trinajstić information content (AvgIpc) is 3.43. The Morgan fingerprint density at radius 3 is 1.47 bits per heavy atom. The van der Waals surface area contributed by atoms with Crippen molar-refractivity contribution in [3.05, 3.63) is 79.9 Å². The highest BCUT2D eigenvalue weighted by Crippen LogP contribution is 2.41. The first-order valence-corrected chi connectivity index (χ1v) is 9.73. The molecule has 2 fully saturated rings. The number of nitrogens with zero attached hydrogens (tertiary/aromatic N) is 2. The zero-order valence-corrected chi connectivity index (χ0v) is 16.6. The molecule has 0 saturated carbocycles. The second kappa shape index (κ2) is 9.24. The third kappa shape index (κ3) is 4.32. The van der Waals surface area contributed by atoms with E-state index in [1.54, 1.807) is 12.1 Å². The molecule has 0 aromatic heterocycles. The Hall–Kier alpha value is -3.00. The number of benzene rings is 2. The summed E-state index contributed by atoms with van der Waals surface area (Å²) in [6.45, 7) is -0.870. The summed E-state index contributed by atoms with van der Waals surface area (Å²) in [5.74, 6) is 0. The van der Waals surface area contributed by atoms with Gasteiger partial charge in [0.2, 0.25) is 0 Å². The van der Waals surface area contributed by atoms with Crippen molar-refractivity contribution in [1.82, 2.24) is 0 Å². The first-order valence-electron chi connectivity index (χ1n) is 9.73. The lowest BCUT2D eigenvalue weighted by Gasteiger charge is -2.23. The van der Waals surface area contributed by atoms with Gasteiger partial charge in [0.15, 0.2) is 12.6 Å². The van der Waals surface area contributed by atoms with Crippen molar-refractivity contribution in [3.63, 3.8) is 0 Å². The molecule has 12 heteroatoms. The van der Waals surface area contributed by atoms with Crippen molar-refractivity contribution >= 4 is 11.4 Å². The van der Waals surface area contributed by atoms with Crippen molar-refractivity contribution in [1.29, 1.82) is 0 Å². The summed E-state index contributed by atoms with van der Waals surface area (Å²) in [5.41, 5.74) is 0.487. The number of nitro groups is 2. The molecule has 170 valence electrons. The zero-order chi connectivity index (χ0) is 22.8. The van der Waals surface area contributed by atoms with Gasteiger partial charge in [-0.25, -0.2) is 0 Å². The van der Waals surface area contributed by atoms with Gasteiger partial charge < -0.3 is 29.2 Å². The molecule has 2 aliphatic rings. The molecule has 0 radical (unpaired) electrons. The van der Waals surface area contributed by atoms with Crippen molar-refractivity contribution in [2.75, 3.05) is 13.2 Å². The van der Waals surface area contributed by atoms with Crippen LogP contribution in [0.2, 0.25) is 0 Å². The summed E-state index contributed by atoms with van der Waals surface area (Å²) < 4.78 is 23.3. The second-order valence-electron chi connectivity index (χ2n) is 7.28. The van der Waals surface area contributed by atoms with E-state index in [2.05, 4.69) is 0 Å². The Morgan fingerprint density at radius 2 is 1.12 bits per heavy atom. The summed E-state index contributed by atoms with van der Waals surface area (Å²) in [6, 6.07) is 11.5. The highest BCUT2D eigenvalue weighted by atomic mass is 16.8. The van der Waals surface area contributed by atoms with Gasteiger partial charge in [0.1, 0.15) is 24.4 Å².